The Kier molecular flexibility index (Phi) is 3.06. The zero-order valence-electron chi connectivity index (χ0n) is 10.9. The lowest BCUT2D eigenvalue weighted by Crippen LogP contribution is -2.15. The summed E-state index contributed by atoms with van der Waals surface area (Å²) < 4.78 is 2.01. The first-order chi connectivity index (χ1) is 9.63. The van der Waals surface area contributed by atoms with Crippen LogP contribution < -0.4 is 11.1 Å². The molecule has 1 aliphatic rings. The highest BCUT2D eigenvalue weighted by Gasteiger charge is 2.23. The van der Waals surface area contributed by atoms with E-state index >= 15 is 0 Å². The van der Waals surface area contributed by atoms with E-state index in [1.165, 1.54) is 24.6 Å². The number of nitrogens with one attached hydrogen (secondary N) is 1. The van der Waals surface area contributed by atoms with Gasteiger partial charge in [-0.2, -0.15) is 0 Å². The van der Waals surface area contributed by atoms with Gasteiger partial charge in [0.2, 0.25) is 0 Å². The molecule has 6 heteroatoms. The van der Waals surface area contributed by atoms with Gasteiger partial charge in [-0.3, -0.25) is 0 Å². The molecule has 20 heavy (non-hydrogen) atoms. The molecule has 0 amide bonds. The summed E-state index contributed by atoms with van der Waals surface area (Å²) in [5, 5.41) is 11.5. The van der Waals surface area contributed by atoms with Crippen molar-refractivity contribution in [2.75, 3.05) is 0 Å². The molecule has 0 bridgehead atoms. The van der Waals surface area contributed by atoms with Crippen LogP contribution in [-0.4, -0.2) is 20.5 Å². The lowest BCUT2D eigenvalue weighted by molar-refractivity contribution is -0.132. The SMILES string of the molecule is N/C(=C\NCc1cn2cc(C3CC3)ccc2n1)C(=O)O. The van der Waals surface area contributed by atoms with Crippen LogP contribution in [0.3, 0.4) is 0 Å². The normalized spacial score (nSPS) is 15.5. The Morgan fingerprint density at radius 3 is 3.00 bits per heavy atom. The van der Waals surface area contributed by atoms with Crippen LogP contribution in [0, 0.1) is 0 Å². The van der Waals surface area contributed by atoms with Crippen LogP contribution >= 0.6 is 0 Å². The van der Waals surface area contributed by atoms with E-state index in [-0.39, 0.29) is 5.70 Å². The molecule has 2 aromatic heterocycles. The average Bonchev–Trinajstić information content (AvgIpc) is 3.18. The first kappa shape index (κ1) is 12.5. The molecule has 0 unspecified atom stereocenters. The fourth-order valence-electron chi connectivity index (χ4n) is 2.13. The first-order valence-electron chi connectivity index (χ1n) is 6.53. The fourth-order valence-corrected chi connectivity index (χ4v) is 2.13. The maximum absolute atomic E-state index is 10.5. The van der Waals surface area contributed by atoms with Crippen molar-refractivity contribution in [3.05, 3.63) is 47.7 Å². The van der Waals surface area contributed by atoms with E-state index in [1.807, 2.05) is 16.7 Å². The van der Waals surface area contributed by atoms with E-state index < -0.39 is 5.97 Å². The Balaban J connectivity index is 1.72. The summed E-state index contributed by atoms with van der Waals surface area (Å²) in [6.07, 6.45) is 7.88. The Hall–Kier alpha value is -2.50. The standard InChI is InChI=1S/C14H16N4O2/c15-12(14(19)20)6-16-5-11-8-18-7-10(9-1-2-9)3-4-13(18)17-11/h3-4,6-9,16H,1-2,5,15H2,(H,19,20)/b12-6-. The Bertz CT molecular complexity index is 686. The molecule has 0 aromatic carbocycles. The van der Waals surface area contributed by atoms with Gasteiger partial charge in [-0.05, 0) is 30.4 Å². The zero-order valence-corrected chi connectivity index (χ0v) is 10.9. The molecule has 6 nitrogen and oxygen atoms in total. The lowest BCUT2D eigenvalue weighted by atomic mass is 10.2. The van der Waals surface area contributed by atoms with Crippen LogP contribution in [-0.2, 0) is 11.3 Å². The first-order valence-corrected chi connectivity index (χ1v) is 6.53. The maximum Gasteiger partial charge on any atom is 0.353 e. The minimum Gasteiger partial charge on any atom is -0.477 e. The van der Waals surface area contributed by atoms with Crippen LogP contribution in [0.2, 0.25) is 0 Å². The van der Waals surface area contributed by atoms with Crippen LogP contribution in [0.5, 0.6) is 0 Å². The van der Waals surface area contributed by atoms with Crippen molar-refractivity contribution >= 4 is 11.6 Å². The van der Waals surface area contributed by atoms with Gasteiger partial charge < -0.3 is 20.6 Å². The van der Waals surface area contributed by atoms with E-state index in [1.54, 1.807) is 0 Å². The van der Waals surface area contributed by atoms with Gasteiger partial charge in [0, 0.05) is 18.6 Å². The van der Waals surface area contributed by atoms with Gasteiger partial charge in [-0.15, -0.1) is 0 Å². The number of nitrogens with zero attached hydrogens (tertiary/aromatic N) is 2. The molecule has 3 rings (SSSR count). The van der Waals surface area contributed by atoms with Crippen LogP contribution in [0.4, 0.5) is 0 Å². The van der Waals surface area contributed by atoms with E-state index in [0.29, 0.717) is 12.5 Å². The number of aromatic nitrogens is 2. The van der Waals surface area contributed by atoms with Crippen molar-refractivity contribution < 1.29 is 9.90 Å². The minimum absolute atomic E-state index is 0.218. The van der Waals surface area contributed by atoms with Gasteiger partial charge >= 0.3 is 5.97 Å². The highest BCUT2D eigenvalue weighted by molar-refractivity contribution is 5.85. The van der Waals surface area contributed by atoms with Crippen molar-refractivity contribution in [3.63, 3.8) is 0 Å². The van der Waals surface area contributed by atoms with Crippen LogP contribution in [0.25, 0.3) is 5.65 Å². The topological polar surface area (TPSA) is 92.6 Å². The van der Waals surface area contributed by atoms with Crippen molar-refractivity contribution in [1.29, 1.82) is 0 Å². The number of imidazole rings is 1. The average molecular weight is 272 g/mol. The quantitative estimate of drug-likeness (QED) is 0.711. The van der Waals surface area contributed by atoms with Crippen molar-refractivity contribution in [1.82, 2.24) is 14.7 Å². The highest BCUT2D eigenvalue weighted by Crippen LogP contribution is 2.39. The highest BCUT2D eigenvalue weighted by atomic mass is 16.4. The summed E-state index contributed by atoms with van der Waals surface area (Å²) in [6.45, 7) is 0.439. The summed E-state index contributed by atoms with van der Waals surface area (Å²) in [6, 6.07) is 4.14. The van der Waals surface area contributed by atoms with Gasteiger partial charge in [0.1, 0.15) is 11.3 Å². The molecule has 0 radical (unpaired) electrons. The van der Waals surface area contributed by atoms with Gasteiger partial charge in [0.25, 0.3) is 0 Å². The number of hydrogen-bond donors (Lipinski definition) is 3. The fraction of sp³-hybridized carbons (Fsp3) is 0.286. The zero-order chi connectivity index (χ0) is 14.1. The number of pyridine rings is 1. The molecule has 0 atom stereocenters. The maximum atomic E-state index is 10.5. The smallest absolute Gasteiger partial charge is 0.353 e. The van der Waals surface area contributed by atoms with E-state index in [2.05, 4.69) is 22.6 Å². The van der Waals surface area contributed by atoms with Crippen molar-refractivity contribution in [2.45, 2.75) is 25.3 Å². The van der Waals surface area contributed by atoms with Gasteiger partial charge in [0.05, 0.1) is 12.2 Å². The van der Waals surface area contributed by atoms with E-state index in [4.69, 9.17) is 10.8 Å². The number of fused-ring (bicyclic) bond motifs is 1. The van der Waals surface area contributed by atoms with Crippen molar-refractivity contribution in [2.24, 2.45) is 5.73 Å². The van der Waals surface area contributed by atoms with Crippen LogP contribution in [0.1, 0.15) is 30.0 Å². The molecule has 1 fully saturated rings. The molecular weight excluding hydrogens is 256 g/mol. The number of carbonyl (C=O) groups is 1. The number of hydrogen-bond acceptors (Lipinski definition) is 4. The molecule has 1 saturated carbocycles. The Morgan fingerprint density at radius 2 is 2.30 bits per heavy atom. The molecule has 1 aliphatic carbocycles. The van der Waals surface area contributed by atoms with Crippen LogP contribution in [0.15, 0.2) is 36.4 Å². The second-order valence-electron chi connectivity index (χ2n) is 5.02. The third-order valence-corrected chi connectivity index (χ3v) is 3.36. The van der Waals surface area contributed by atoms with Gasteiger partial charge in [0.15, 0.2) is 0 Å². The molecule has 0 aliphatic heterocycles. The predicted molar refractivity (Wildman–Crippen MR) is 73.9 cm³/mol. The summed E-state index contributed by atoms with van der Waals surface area (Å²) in [5.74, 6) is -0.428. The minimum atomic E-state index is -1.14. The third kappa shape index (κ3) is 2.59. The molecule has 0 spiro atoms. The Labute approximate surface area is 115 Å². The molecule has 2 heterocycles. The van der Waals surface area contributed by atoms with E-state index in [0.717, 1.165) is 11.3 Å². The number of nitrogens with two attached hydrogens (primary N) is 1. The lowest BCUT2D eigenvalue weighted by Gasteiger charge is -1.98. The second kappa shape index (κ2) is 4.88. The largest absolute Gasteiger partial charge is 0.477 e. The summed E-state index contributed by atoms with van der Waals surface area (Å²) >= 11 is 0. The molecular formula is C14H16N4O2. The second-order valence-corrected chi connectivity index (χ2v) is 5.02. The summed E-state index contributed by atoms with van der Waals surface area (Å²) in [4.78, 5) is 15.0. The molecule has 0 saturated heterocycles. The third-order valence-electron chi connectivity index (χ3n) is 3.36. The molecule has 4 N–H and O–H groups in total. The van der Waals surface area contributed by atoms with Gasteiger partial charge in [-0.1, -0.05) is 6.07 Å². The van der Waals surface area contributed by atoms with Crippen molar-refractivity contribution in [3.8, 4) is 0 Å². The van der Waals surface area contributed by atoms with E-state index in [9.17, 15) is 4.79 Å². The molecule has 104 valence electrons. The Morgan fingerprint density at radius 1 is 1.50 bits per heavy atom. The summed E-state index contributed by atoms with van der Waals surface area (Å²) in [7, 11) is 0. The predicted octanol–water partition coefficient (Wildman–Crippen LogP) is 1.19. The number of carboxylic acids is 1. The molecule has 2 aromatic rings. The monoisotopic (exact) mass is 272 g/mol. The summed E-state index contributed by atoms with van der Waals surface area (Å²) in [5.41, 5.74) is 8.15. The number of rotatable bonds is 5. The van der Waals surface area contributed by atoms with Gasteiger partial charge in [-0.25, -0.2) is 9.78 Å². The number of carboxylic acid groups (broad SMARTS) is 1. The number of aliphatic carboxylic acids is 1.